The third-order valence-electron chi connectivity index (χ3n) is 3.02. The van der Waals surface area contributed by atoms with Crippen LogP contribution < -0.4 is 21.5 Å². The first kappa shape index (κ1) is 15.0. The average molecular weight is 251 g/mol. The maximum atomic E-state index is 5.73. The highest BCUT2D eigenvalue weighted by Crippen LogP contribution is 2.24. The van der Waals surface area contributed by atoms with Crippen molar-refractivity contribution in [1.29, 1.82) is 0 Å². The lowest BCUT2D eigenvalue weighted by Gasteiger charge is -2.13. The number of nitrogens with two attached hydrogens (primary N) is 2. The average Bonchev–Trinajstić information content (AvgIpc) is 2.34. The zero-order valence-corrected chi connectivity index (χ0v) is 11.6. The molecule has 0 bridgehead atoms. The topological polar surface area (TPSA) is 73.3 Å². The molecule has 4 nitrogen and oxygen atoms in total. The molecule has 18 heavy (non-hydrogen) atoms. The van der Waals surface area contributed by atoms with E-state index in [1.54, 1.807) is 7.11 Å². The van der Waals surface area contributed by atoms with Gasteiger partial charge < -0.3 is 21.5 Å². The third-order valence-corrected chi connectivity index (χ3v) is 3.02. The Morgan fingerprint density at radius 2 is 1.89 bits per heavy atom. The highest BCUT2D eigenvalue weighted by Gasteiger charge is 2.05. The van der Waals surface area contributed by atoms with Crippen molar-refractivity contribution in [3.8, 4) is 5.75 Å². The second kappa shape index (κ2) is 7.36. The quantitative estimate of drug-likeness (QED) is 0.625. The van der Waals surface area contributed by atoms with Crippen LogP contribution in [0.2, 0.25) is 0 Å². The fraction of sp³-hybridized carbons (Fsp3) is 0.571. The van der Waals surface area contributed by atoms with Gasteiger partial charge in [-0.3, -0.25) is 0 Å². The van der Waals surface area contributed by atoms with Gasteiger partial charge in [0.2, 0.25) is 0 Å². The molecule has 102 valence electrons. The Morgan fingerprint density at radius 3 is 2.39 bits per heavy atom. The Labute approximate surface area is 110 Å². The number of hydrogen-bond donors (Lipinski definition) is 3. The van der Waals surface area contributed by atoms with Crippen LogP contribution in [0.5, 0.6) is 5.75 Å². The van der Waals surface area contributed by atoms with Crippen molar-refractivity contribution in [1.82, 2.24) is 5.32 Å². The van der Waals surface area contributed by atoms with Crippen molar-refractivity contribution in [3.05, 3.63) is 28.8 Å². The lowest BCUT2D eigenvalue weighted by atomic mass is 10.0. The molecular weight excluding hydrogens is 226 g/mol. The van der Waals surface area contributed by atoms with E-state index in [-0.39, 0.29) is 6.04 Å². The minimum Gasteiger partial charge on any atom is -0.496 e. The van der Waals surface area contributed by atoms with Crippen molar-refractivity contribution >= 4 is 0 Å². The van der Waals surface area contributed by atoms with Gasteiger partial charge in [0.1, 0.15) is 5.75 Å². The van der Waals surface area contributed by atoms with Crippen LogP contribution in [0.4, 0.5) is 0 Å². The Morgan fingerprint density at radius 1 is 1.28 bits per heavy atom. The molecule has 1 aromatic carbocycles. The van der Waals surface area contributed by atoms with Crippen LogP contribution in [-0.4, -0.2) is 32.8 Å². The summed E-state index contributed by atoms with van der Waals surface area (Å²) < 4.78 is 5.36. The maximum absolute atomic E-state index is 5.73. The van der Waals surface area contributed by atoms with Gasteiger partial charge in [-0.1, -0.05) is 12.1 Å². The molecule has 0 aliphatic rings. The summed E-state index contributed by atoms with van der Waals surface area (Å²) in [6.07, 6.45) is 0.989. The van der Waals surface area contributed by atoms with Gasteiger partial charge in [0, 0.05) is 19.1 Å². The molecule has 1 rings (SSSR count). The van der Waals surface area contributed by atoms with Crippen LogP contribution in [0.1, 0.15) is 16.7 Å². The molecule has 0 heterocycles. The number of nitrogens with one attached hydrogen (secondary N) is 1. The molecule has 1 atom stereocenters. The Balaban J connectivity index is 2.48. The number of hydrogen-bond acceptors (Lipinski definition) is 4. The molecular formula is C14H25N3O. The molecule has 4 heteroatoms. The van der Waals surface area contributed by atoms with Gasteiger partial charge in [-0.05, 0) is 43.5 Å². The number of rotatable bonds is 7. The van der Waals surface area contributed by atoms with E-state index in [0.717, 1.165) is 25.3 Å². The van der Waals surface area contributed by atoms with Crippen LogP contribution in [0.3, 0.4) is 0 Å². The highest BCUT2D eigenvalue weighted by molar-refractivity contribution is 5.43. The SMILES string of the molecule is COc1c(C)cc(CCNCC(N)CN)cc1C. The Hall–Kier alpha value is -1.10. The van der Waals surface area contributed by atoms with Crippen molar-refractivity contribution < 1.29 is 4.74 Å². The van der Waals surface area contributed by atoms with Crippen LogP contribution in [-0.2, 0) is 6.42 Å². The van der Waals surface area contributed by atoms with Gasteiger partial charge in [-0.25, -0.2) is 0 Å². The van der Waals surface area contributed by atoms with Gasteiger partial charge in [-0.2, -0.15) is 0 Å². The van der Waals surface area contributed by atoms with Crippen molar-refractivity contribution in [2.45, 2.75) is 26.3 Å². The van der Waals surface area contributed by atoms with E-state index < -0.39 is 0 Å². The molecule has 0 spiro atoms. The molecule has 1 unspecified atom stereocenters. The summed E-state index contributed by atoms with van der Waals surface area (Å²) in [5.41, 5.74) is 14.9. The van der Waals surface area contributed by atoms with Gasteiger partial charge in [0.15, 0.2) is 0 Å². The Kier molecular flexibility index (Phi) is 6.12. The van der Waals surface area contributed by atoms with E-state index in [9.17, 15) is 0 Å². The fourth-order valence-corrected chi connectivity index (χ4v) is 2.11. The standard InChI is InChI=1S/C14H25N3O/c1-10-6-12(7-11(2)14(10)18-3)4-5-17-9-13(16)8-15/h6-7,13,17H,4-5,8-9,15-16H2,1-3H3. The second-order valence-electron chi connectivity index (χ2n) is 4.71. The first-order valence-electron chi connectivity index (χ1n) is 6.39. The summed E-state index contributed by atoms with van der Waals surface area (Å²) >= 11 is 0. The second-order valence-corrected chi connectivity index (χ2v) is 4.71. The zero-order chi connectivity index (χ0) is 13.5. The first-order chi connectivity index (χ1) is 8.58. The van der Waals surface area contributed by atoms with E-state index in [0.29, 0.717) is 6.54 Å². The monoisotopic (exact) mass is 251 g/mol. The molecule has 0 aliphatic heterocycles. The molecule has 0 fully saturated rings. The lowest BCUT2D eigenvalue weighted by Crippen LogP contribution is -2.40. The van der Waals surface area contributed by atoms with Crippen molar-refractivity contribution in [2.75, 3.05) is 26.7 Å². The minimum absolute atomic E-state index is 0.0457. The zero-order valence-electron chi connectivity index (χ0n) is 11.6. The van der Waals surface area contributed by atoms with E-state index in [2.05, 4.69) is 31.3 Å². The molecule has 5 N–H and O–H groups in total. The third kappa shape index (κ3) is 4.29. The molecule has 0 amide bonds. The molecule has 0 saturated carbocycles. The number of ether oxygens (including phenoxy) is 1. The maximum Gasteiger partial charge on any atom is 0.124 e. The fourth-order valence-electron chi connectivity index (χ4n) is 2.11. The molecule has 0 aromatic heterocycles. The summed E-state index contributed by atoms with van der Waals surface area (Å²) in [5.74, 6) is 0.983. The largest absolute Gasteiger partial charge is 0.496 e. The number of benzene rings is 1. The van der Waals surface area contributed by atoms with Crippen molar-refractivity contribution in [3.63, 3.8) is 0 Å². The van der Waals surface area contributed by atoms with Gasteiger partial charge in [0.25, 0.3) is 0 Å². The summed E-state index contributed by atoms with van der Waals surface area (Å²) in [5, 5.41) is 3.32. The predicted molar refractivity (Wildman–Crippen MR) is 76.1 cm³/mol. The van der Waals surface area contributed by atoms with E-state index >= 15 is 0 Å². The van der Waals surface area contributed by atoms with E-state index in [4.69, 9.17) is 16.2 Å². The summed E-state index contributed by atoms with van der Waals surface area (Å²) in [6.45, 7) is 6.36. The number of methoxy groups -OCH3 is 1. The minimum atomic E-state index is 0.0457. The predicted octanol–water partition coefficient (Wildman–Crippen LogP) is 0.730. The smallest absolute Gasteiger partial charge is 0.124 e. The van der Waals surface area contributed by atoms with Crippen LogP contribution >= 0.6 is 0 Å². The van der Waals surface area contributed by atoms with Gasteiger partial charge in [0.05, 0.1) is 7.11 Å². The Bertz CT molecular complexity index is 356. The summed E-state index contributed by atoms with van der Waals surface area (Å²) in [6, 6.07) is 4.40. The van der Waals surface area contributed by atoms with Crippen molar-refractivity contribution in [2.24, 2.45) is 11.5 Å². The van der Waals surface area contributed by atoms with E-state index in [1.165, 1.54) is 16.7 Å². The van der Waals surface area contributed by atoms with Gasteiger partial charge >= 0.3 is 0 Å². The molecule has 0 radical (unpaired) electrons. The summed E-state index contributed by atoms with van der Waals surface area (Å²) in [7, 11) is 1.71. The van der Waals surface area contributed by atoms with E-state index in [1.807, 2.05) is 0 Å². The summed E-state index contributed by atoms with van der Waals surface area (Å²) in [4.78, 5) is 0. The molecule has 1 aromatic rings. The molecule has 0 saturated heterocycles. The number of aryl methyl sites for hydroxylation is 2. The normalized spacial score (nSPS) is 12.5. The van der Waals surface area contributed by atoms with Crippen LogP contribution in [0.25, 0.3) is 0 Å². The molecule has 0 aliphatic carbocycles. The van der Waals surface area contributed by atoms with Crippen LogP contribution in [0, 0.1) is 13.8 Å². The lowest BCUT2D eigenvalue weighted by molar-refractivity contribution is 0.408. The van der Waals surface area contributed by atoms with Gasteiger partial charge in [-0.15, -0.1) is 0 Å². The van der Waals surface area contributed by atoms with Crippen LogP contribution in [0.15, 0.2) is 12.1 Å². The first-order valence-corrected chi connectivity index (χ1v) is 6.39. The highest BCUT2D eigenvalue weighted by atomic mass is 16.5.